The summed E-state index contributed by atoms with van der Waals surface area (Å²) in [5.41, 5.74) is 3.65. The summed E-state index contributed by atoms with van der Waals surface area (Å²) in [6.45, 7) is 3.91. The van der Waals surface area contributed by atoms with Crippen LogP contribution in [0.1, 0.15) is 17.5 Å². The summed E-state index contributed by atoms with van der Waals surface area (Å²) >= 11 is 0. The normalized spacial score (nSPS) is 18.0. The number of fused-ring (bicyclic) bond motifs is 1. The molecule has 1 aromatic carbocycles. The number of carboxylic acids is 1. The molecule has 90 valence electrons. The van der Waals surface area contributed by atoms with Crippen LogP contribution in [0.3, 0.4) is 0 Å². The molecule has 0 saturated carbocycles. The lowest BCUT2D eigenvalue weighted by atomic mass is 10.0. The van der Waals surface area contributed by atoms with Gasteiger partial charge in [-0.15, -0.1) is 0 Å². The fourth-order valence-corrected chi connectivity index (χ4v) is 1.88. The Balaban J connectivity index is 2.35. The summed E-state index contributed by atoms with van der Waals surface area (Å²) in [5.74, 6) is -1.30. The first kappa shape index (κ1) is 11.4. The number of nitrogens with one attached hydrogen (secondary N) is 2. The third-order valence-electron chi connectivity index (χ3n) is 3.01. The van der Waals surface area contributed by atoms with Crippen LogP contribution in [0.2, 0.25) is 0 Å². The van der Waals surface area contributed by atoms with E-state index < -0.39 is 12.0 Å². The molecule has 0 fully saturated rings. The molecule has 1 aliphatic heterocycles. The molecule has 3 N–H and O–H groups in total. The molecule has 0 spiro atoms. The predicted octanol–water partition coefficient (Wildman–Crippen LogP) is 1.51. The molecule has 17 heavy (non-hydrogen) atoms. The molecule has 1 aromatic rings. The van der Waals surface area contributed by atoms with E-state index >= 15 is 0 Å². The highest BCUT2D eigenvalue weighted by molar-refractivity contribution is 6.05. The van der Waals surface area contributed by atoms with Gasteiger partial charge in [-0.1, -0.05) is 6.07 Å². The molecule has 5 nitrogen and oxygen atoms in total. The average molecular weight is 234 g/mol. The summed E-state index contributed by atoms with van der Waals surface area (Å²) in [6.07, 6.45) is -0.224. The minimum absolute atomic E-state index is 0.224. The number of amides is 1. The highest BCUT2D eigenvalue weighted by Crippen LogP contribution is 2.32. The monoisotopic (exact) mass is 234 g/mol. The van der Waals surface area contributed by atoms with Crippen molar-refractivity contribution in [2.45, 2.75) is 26.3 Å². The smallest absolute Gasteiger partial charge is 0.305 e. The van der Waals surface area contributed by atoms with E-state index in [1.807, 2.05) is 26.0 Å². The molecular weight excluding hydrogens is 220 g/mol. The van der Waals surface area contributed by atoms with Crippen molar-refractivity contribution < 1.29 is 14.7 Å². The molecule has 1 aliphatic rings. The fraction of sp³-hybridized carbons (Fsp3) is 0.333. The lowest BCUT2D eigenvalue weighted by Crippen LogP contribution is -2.40. The van der Waals surface area contributed by atoms with Crippen LogP contribution >= 0.6 is 0 Å². The van der Waals surface area contributed by atoms with E-state index in [1.165, 1.54) is 0 Å². The molecule has 1 atom stereocenters. The van der Waals surface area contributed by atoms with Gasteiger partial charge in [0, 0.05) is 0 Å². The number of hydrogen-bond donors (Lipinski definition) is 3. The Hall–Kier alpha value is -2.04. The van der Waals surface area contributed by atoms with Gasteiger partial charge in [0.2, 0.25) is 5.91 Å². The molecule has 1 amide bonds. The summed E-state index contributed by atoms with van der Waals surface area (Å²) < 4.78 is 0. The van der Waals surface area contributed by atoms with Crippen LogP contribution in [0.4, 0.5) is 11.4 Å². The molecule has 0 aliphatic carbocycles. The minimum atomic E-state index is -0.994. The molecule has 1 unspecified atom stereocenters. The van der Waals surface area contributed by atoms with Crippen molar-refractivity contribution in [3.63, 3.8) is 0 Å². The van der Waals surface area contributed by atoms with Crippen molar-refractivity contribution in [3.05, 3.63) is 23.3 Å². The SMILES string of the molecule is Cc1ccc2c(c1C)NC(CC(=O)O)C(=O)N2. The minimum Gasteiger partial charge on any atom is -0.481 e. The summed E-state index contributed by atoms with van der Waals surface area (Å²) in [7, 11) is 0. The van der Waals surface area contributed by atoms with E-state index in [1.54, 1.807) is 0 Å². The van der Waals surface area contributed by atoms with Gasteiger partial charge in [-0.25, -0.2) is 0 Å². The van der Waals surface area contributed by atoms with Crippen LogP contribution in [0.15, 0.2) is 12.1 Å². The molecule has 1 heterocycles. The van der Waals surface area contributed by atoms with Crippen LogP contribution in [0.25, 0.3) is 0 Å². The van der Waals surface area contributed by atoms with E-state index in [0.29, 0.717) is 5.69 Å². The van der Waals surface area contributed by atoms with Crippen molar-refractivity contribution in [1.82, 2.24) is 0 Å². The van der Waals surface area contributed by atoms with Crippen LogP contribution in [-0.2, 0) is 9.59 Å². The third-order valence-corrected chi connectivity index (χ3v) is 3.01. The number of aliphatic carboxylic acids is 1. The lowest BCUT2D eigenvalue weighted by Gasteiger charge is -2.27. The molecule has 0 radical (unpaired) electrons. The van der Waals surface area contributed by atoms with Crippen LogP contribution < -0.4 is 10.6 Å². The summed E-state index contributed by atoms with van der Waals surface area (Å²) in [5, 5.41) is 14.4. The van der Waals surface area contributed by atoms with E-state index in [2.05, 4.69) is 10.6 Å². The zero-order valence-corrected chi connectivity index (χ0v) is 9.70. The van der Waals surface area contributed by atoms with Crippen LogP contribution in [-0.4, -0.2) is 23.0 Å². The van der Waals surface area contributed by atoms with Gasteiger partial charge in [-0.2, -0.15) is 0 Å². The van der Waals surface area contributed by atoms with Crippen molar-refractivity contribution in [1.29, 1.82) is 0 Å². The Morgan fingerprint density at radius 2 is 2.12 bits per heavy atom. The zero-order valence-electron chi connectivity index (χ0n) is 9.70. The third kappa shape index (κ3) is 2.08. The maximum Gasteiger partial charge on any atom is 0.305 e. The van der Waals surface area contributed by atoms with Gasteiger partial charge < -0.3 is 15.7 Å². The van der Waals surface area contributed by atoms with E-state index in [9.17, 15) is 9.59 Å². The van der Waals surface area contributed by atoms with Crippen molar-refractivity contribution in [3.8, 4) is 0 Å². The Labute approximate surface area is 98.8 Å². The van der Waals surface area contributed by atoms with Gasteiger partial charge in [0.05, 0.1) is 17.8 Å². The van der Waals surface area contributed by atoms with Crippen molar-refractivity contribution >= 4 is 23.3 Å². The Morgan fingerprint density at radius 1 is 1.41 bits per heavy atom. The maximum absolute atomic E-state index is 11.7. The van der Waals surface area contributed by atoms with E-state index in [4.69, 9.17) is 5.11 Å². The van der Waals surface area contributed by atoms with Crippen molar-refractivity contribution in [2.75, 3.05) is 10.6 Å². The number of rotatable bonds is 2. The largest absolute Gasteiger partial charge is 0.481 e. The molecule has 5 heteroatoms. The fourth-order valence-electron chi connectivity index (χ4n) is 1.88. The molecule has 0 bridgehead atoms. The molecule has 2 rings (SSSR count). The Bertz CT molecular complexity index is 497. The quantitative estimate of drug-likeness (QED) is 0.724. The Morgan fingerprint density at radius 3 is 2.76 bits per heavy atom. The van der Waals surface area contributed by atoms with Crippen molar-refractivity contribution in [2.24, 2.45) is 0 Å². The Kier molecular flexibility index (Phi) is 2.75. The van der Waals surface area contributed by atoms with Gasteiger partial charge in [0.1, 0.15) is 6.04 Å². The number of benzene rings is 1. The van der Waals surface area contributed by atoms with Crippen LogP contribution in [0, 0.1) is 13.8 Å². The summed E-state index contributed by atoms with van der Waals surface area (Å²) in [6, 6.07) is 3.04. The second-order valence-electron chi connectivity index (χ2n) is 4.21. The van der Waals surface area contributed by atoms with E-state index in [-0.39, 0.29) is 12.3 Å². The van der Waals surface area contributed by atoms with Gasteiger partial charge in [-0.3, -0.25) is 9.59 Å². The number of anilines is 2. The number of aryl methyl sites for hydroxylation is 1. The lowest BCUT2D eigenvalue weighted by molar-refractivity contribution is -0.138. The van der Waals surface area contributed by atoms with Gasteiger partial charge in [0.15, 0.2) is 0 Å². The van der Waals surface area contributed by atoms with Gasteiger partial charge in [0.25, 0.3) is 0 Å². The van der Waals surface area contributed by atoms with E-state index in [0.717, 1.165) is 16.8 Å². The van der Waals surface area contributed by atoms with Gasteiger partial charge >= 0.3 is 5.97 Å². The zero-order chi connectivity index (χ0) is 12.6. The average Bonchev–Trinajstić information content (AvgIpc) is 2.25. The number of carboxylic acid groups (broad SMARTS) is 1. The highest BCUT2D eigenvalue weighted by atomic mass is 16.4. The number of carbonyl (C=O) groups is 2. The molecular formula is C12H14N2O3. The second kappa shape index (κ2) is 4.08. The highest BCUT2D eigenvalue weighted by Gasteiger charge is 2.28. The number of carbonyl (C=O) groups excluding carboxylic acids is 1. The first-order valence-corrected chi connectivity index (χ1v) is 5.38. The molecule has 0 saturated heterocycles. The first-order valence-electron chi connectivity index (χ1n) is 5.38. The summed E-state index contributed by atoms with van der Waals surface area (Å²) in [4.78, 5) is 22.3. The maximum atomic E-state index is 11.7. The topological polar surface area (TPSA) is 78.4 Å². The number of hydrogen-bond acceptors (Lipinski definition) is 3. The standard InChI is InChI=1S/C12H14N2O3/c1-6-3-4-8-11(7(6)2)13-9(5-10(15)16)12(17)14-8/h3-4,9,13H,5H2,1-2H3,(H,14,17)(H,15,16). The second-order valence-corrected chi connectivity index (χ2v) is 4.21. The van der Waals surface area contributed by atoms with Crippen LogP contribution in [0.5, 0.6) is 0 Å². The predicted molar refractivity (Wildman–Crippen MR) is 64.2 cm³/mol. The first-order chi connectivity index (χ1) is 7.99. The molecule has 0 aromatic heterocycles. The van der Waals surface area contributed by atoms with Gasteiger partial charge in [-0.05, 0) is 31.0 Å².